The zero-order chi connectivity index (χ0) is 24.0. The molecule has 4 heterocycles. The van der Waals surface area contributed by atoms with Crippen molar-refractivity contribution >= 4 is 10.9 Å². The van der Waals surface area contributed by atoms with Crippen LogP contribution in [0.1, 0.15) is 30.1 Å². The molecule has 186 valence electrons. The molecule has 8 heteroatoms. The minimum atomic E-state index is -1.45. The SMILES string of the molecule is C=C[C@H]1C[N+]2(Cc3ccc(F)c(F)c3F)CC[C@H]1C[C@@H]2[C@@H](O)c1ccnc2ccc(OC)cc12.[Br-]. The van der Waals surface area contributed by atoms with E-state index in [2.05, 4.69) is 11.6 Å². The van der Waals surface area contributed by atoms with Crippen LogP contribution in [0, 0.1) is 29.3 Å². The molecule has 5 atom stereocenters. The van der Waals surface area contributed by atoms with Gasteiger partial charge in [-0.3, -0.25) is 4.98 Å². The van der Waals surface area contributed by atoms with E-state index >= 15 is 0 Å². The van der Waals surface area contributed by atoms with Crippen LogP contribution >= 0.6 is 0 Å². The van der Waals surface area contributed by atoms with E-state index < -0.39 is 23.6 Å². The van der Waals surface area contributed by atoms with E-state index in [4.69, 9.17) is 4.74 Å². The molecule has 3 saturated heterocycles. The molecule has 3 fully saturated rings. The summed E-state index contributed by atoms with van der Waals surface area (Å²) in [6.45, 7) is 5.56. The van der Waals surface area contributed by atoms with Gasteiger partial charge in [0.05, 0.1) is 25.7 Å². The fourth-order valence-corrected chi connectivity index (χ4v) is 6.15. The first-order valence-corrected chi connectivity index (χ1v) is 11.6. The first kappa shape index (κ1) is 25.7. The Morgan fingerprint density at radius 2 is 2.00 bits per heavy atom. The first-order valence-electron chi connectivity index (χ1n) is 11.6. The van der Waals surface area contributed by atoms with Crippen molar-refractivity contribution in [1.29, 1.82) is 0 Å². The predicted molar refractivity (Wildman–Crippen MR) is 123 cm³/mol. The third kappa shape index (κ3) is 4.36. The van der Waals surface area contributed by atoms with Gasteiger partial charge in [0.25, 0.3) is 0 Å². The van der Waals surface area contributed by atoms with Gasteiger partial charge in [0.15, 0.2) is 17.5 Å². The van der Waals surface area contributed by atoms with Gasteiger partial charge < -0.3 is 31.3 Å². The highest BCUT2D eigenvalue weighted by molar-refractivity contribution is 5.83. The van der Waals surface area contributed by atoms with Crippen molar-refractivity contribution in [2.75, 3.05) is 20.2 Å². The van der Waals surface area contributed by atoms with Crippen LogP contribution in [0.15, 0.2) is 55.3 Å². The van der Waals surface area contributed by atoms with Crippen LogP contribution in [0.25, 0.3) is 10.9 Å². The van der Waals surface area contributed by atoms with E-state index in [0.717, 1.165) is 41.9 Å². The Bertz CT molecular complexity index is 1260. The quantitative estimate of drug-likeness (QED) is 0.292. The summed E-state index contributed by atoms with van der Waals surface area (Å²) in [5.41, 5.74) is 1.61. The van der Waals surface area contributed by atoms with Gasteiger partial charge in [-0.1, -0.05) is 6.08 Å². The molecule has 35 heavy (non-hydrogen) atoms. The van der Waals surface area contributed by atoms with Gasteiger partial charge in [0.1, 0.15) is 24.4 Å². The summed E-state index contributed by atoms with van der Waals surface area (Å²) >= 11 is 0. The molecule has 3 aromatic rings. The average Bonchev–Trinajstić information content (AvgIpc) is 2.88. The van der Waals surface area contributed by atoms with Crippen LogP contribution < -0.4 is 21.7 Å². The monoisotopic (exact) mass is 548 g/mol. The summed E-state index contributed by atoms with van der Waals surface area (Å²) in [6.07, 6.45) is 4.41. The van der Waals surface area contributed by atoms with E-state index in [1.807, 2.05) is 30.3 Å². The summed E-state index contributed by atoms with van der Waals surface area (Å²) in [5, 5.41) is 12.6. The lowest BCUT2D eigenvalue weighted by molar-refractivity contribution is -0.985. The number of methoxy groups -OCH3 is 1. The highest BCUT2D eigenvalue weighted by Crippen LogP contribution is 2.48. The number of quaternary nitrogens is 1. The fourth-order valence-electron chi connectivity index (χ4n) is 6.15. The summed E-state index contributed by atoms with van der Waals surface area (Å²) in [6, 6.07) is 9.42. The highest BCUT2D eigenvalue weighted by Gasteiger charge is 2.54. The lowest BCUT2D eigenvalue weighted by Gasteiger charge is -2.58. The number of aliphatic hydroxyl groups excluding tert-OH is 1. The second kappa shape index (κ2) is 9.91. The summed E-state index contributed by atoms with van der Waals surface area (Å²) in [4.78, 5) is 4.42. The van der Waals surface area contributed by atoms with Crippen molar-refractivity contribution < 1.29 is 44.5 Å². The number of pyridine rings is 1. The Labute approximate surface area is 213 Å². The molecule has 0 aliphatic carbocycles. The molecule has 3 aliphatic heterocycles. The average molecular weight is 549 g/mol. The number of aromatic nitrogens is 1. The molecule has 3 aliphatic rings. The number of rotatable bonds is 6. The molecule has 2 aromatic carbocycles. The van der Waals surface area contributed by atoms with Crippen molar-refractivity contribution in [2.45, 2.75) is 31.5 Å². The Kier molecular flexibility index (Phi) is 7.27. The Balaban J connectivity index is 0.00000289. The normalized spacial score (nSPS) is 26.3. The molecule has 4 nitrogen and oxygen atoms in total. The van der Waals surface area contributed by atoms with Crippen molar-refractivity contribution in [3.63, 3.8) is 0 Å². The Morgan fingerprint density at radius 3 is 2.74 bits per heavy atom. The summed E-state index contributed by atoms with van der Waals surface area (Å²) in [5.74, 6) is -2.54. The van der Waals surface area contributed by atoms with Gasteiger partial charge in [0, 0.05) is 35.9 Å². The summed E-state index contributed by atoms with van der Waals surface area (Å²) < 4.78 is 48.1. The smallest absolute Gasteiger partial charge is 0.194 e. The van der Waals surface area contributed by atoms with Crippen molar-refractivity contribution in [1.82, 2.24) is 4.98 Å². The molecule has 0 radical (unpaired) electrons. The van der Waals surface area contributed by atoms with Crippen molar-refractivity contribution in [3.05, 3.63) is 83.8 Å². The second-order valence-corrected chi connectivity index (χ2v) is 9.60. The van der Waals surface area contributed by atoms with E-state index in [0.29, 0.717) is 22.7 Å². The molecule has 0 amide bonds. The van der Waals surface area contributed by atoms with Crippen LogP contribution in [0.2, 0.25) is 0 Å². The van der Waals surface area contributed by atoms with Crippen LogP contribution in [0.3, 0.4) is 0 Å². The lowest BCUT2D eigenvalue weighted by atomic mass is 9.71. The summed E-state index contributed by atoms with van der Waals surface area (Å²) in [7, 11) is 1.59. The molecule has 0 spiro atoms. The minimum Gasteiger partial charge on any atom is -1.00 e. The van der Waals surface area contributed by atoms with Crippen LogP contribution in [-0.4, -0.2) is 40.8 Å². The van der Waals surface area contributed by atoms with E-state index in [9.17, 15) is 18.3 Å². The zero-order valence-corrected chi connectivity index (χ0v) is 21.0. The molecular weight excluding hydrogens is 521 g/mol. The minimum absolute atomic E-state index is 0. The molecule has 1 N–H and O–H groups in total. The number of aliphatic hydroxyl groups is 1. The maximum absolute atomic E-state index is 14.7. The number of halogens is 4. The third-order valence-electron chi connectivity index (χ3n) is 7.94. The van der Waals surface area contributed by atoms with Gasteiger partial charge in [-0.05, 0) is 47.9 Å². The van der Waals surface area contributed by atoms with Gasteiger partial charge in [-0.15, -0.1) is 6.58 Å². The maximum atomic E-state index is 14.7. The number of hydrogen-bond donors (Lipinski definition) is 1. The first-order chi connectivity index (χ1) is 16.4. The van der Waals surface area contributed by atoms with Crippen LogP contribution in [0.4, 0.5) is 13.2 Å². The molecule has 0 saturated carbocycles. The Morgan fingerprint density at radius 1 is 1.20 bits per heavy atom. The molecule has 1 unspecified atom stereocenters. The number of nitrogens with zero attached hydrogens (tertiary/aromatic N) is 2. The topological polar surface area (TPSA) is 42.4 Å². The van der Waals surface area contributed by atoms with Gasteiger partial charge >= 0.3 is 0 Å². The predicted octanol–water partition coefficient (Wildman–Crippen LogP) is 2.31. The maximum Gasteiger partial charge on any atom is 0.194 e. The number of benzene rings is 2. The van der Waals surface area contributed by atoms with Crippen LogP contribution in [-0.2, 0) is 6.54 Å². The van der Waals surface area contributed by atoms with Gasteiger partial charge in [-0.25, -0.2) is 13.2 Å². The van der Waals surface area contributed by atoms with Crippen molar-refractivity contribution in [3.8, 4) is 5.75 Å². The van der Waals surface area contributed by atoms with Crippen LogP contribution in [0.5, 0.6) is 5.75 Å². The number of hydrogen-bond acceptors (Lipinski definition) is 3. The highest BCUT2D eigenvalue weighted by atomic mass is 79.9. The standard InChI is InChI=1S/C27H28F3N2O2.BrH/c1-3-16-14-32(15-18-4-6-22(28)26(30)25(18)29)11-9-17(16)12-24(32)27(33)20-8-10-31-23-7-5-19(34-2)13-21(20)23;/h3-8,10,13,16-17,24,27,33H,1,9,11-12,14-15H2,2H3;1H/q+1;/p-1/t16-,17-,24+,27-,32?;/m0./s1. The van der Waals surface area contributed by atoms with Crippen molar-refractivity contribution in [2.24, 2.45) is 11.8 Å². The molecule has 1 aromatic heterocycles. The Hall–Kier alpha value is -2.42. The number of ether oxygens (including phenoxy) is 1. The van der Waals surface area contributed by atoms with E-state index in [1.54, 1.807) is 13.3 Å². The van der Waals surface area contributed by atoms with Gasteiger partial charge in [0.2, 0.25) is 0 Å². The largest absolute Gasteiger partial charge is 1.00 e. The lowest BCUT2D eigenvalue weighted by Crippen LogP contribution is -3.00. The number of fused-ring (bicyclic) bond motifs is 4. The third-order valence-corrected chi connectivity index (χ3v) is 7.94. The fraction of sp³-hybridized carbons (Fsp3) is 0.370. The number of piperidine rings is 3. The molecule has 6 rings (SSSR count). The van der Waals surface area contributed by atoms with E-state index in [-0.39, 0.29) is 41.0 Å². The molecule has 2 bridgehead atoms. The second-order valence-electron chi connectivity index (χ2n) is 9.60. The van der Waals surface area contributed by atoms with Gasteiger partial charge in [-0.2, -0.15) is 0 Å². The van der Waals surface area contributed by atoms with E-state index in [1.165, 1.54) is 6.07 Å². The molecular formula is C27H28BrF3N2O2. The zero-order valence-electron chi connectivity index (χ0n) is 19.4.